The van der Waals surface area contributed by atoms with Gasteiger partial charge in [-0.2, -0.15) is 0 Å². The summed E-state index contributed by atoms with van der Waals surface area (Å²) >= 11 is 14.0. The van der Waals surface area contributed by atoms with E-state index in [1.54, 1.807) is 42.5 Å². The summed E-state index contributed by atoms with van der Waals surface area (Å²) in [6.07, 6.45) is 1.66. The number of hydrogen-bond donors (Lipinski definition) is 1. The second-order valence-electron chi connectivity index (χ2n) is 7.44. The van der Waals surface area contributed by atoms with Crippen LogP contribution in [-0.4, -0.2) is 22.6 Å². The first-order valence-electron chi connectivity index (χ1n) is 10.7. The Hall–Kier alpha value is -3.53. The van der Waals surface area contributed by atoms with E-state index in [4.69, 9.17) is 32.7 Å². The van der Waals surface area contributed by atoms with Gasteiger partial charge < -0.3 is 14.8 Å². The van der Waals surface area contributed by atoms with Crippen LogP contribution in [0.4, 0.5) is 11.4 Å². The zero-order valence-corrected chi connectivity index (χ0v) is 21.2. The fourth-order valence-corrected chi connectivity index (χ4v) is 4.70. The number of nitro groups is 1. The van der Waals surface area contributed by atoms with Crippen LogP contribution in [0.25, 0.3) is 6.08 Å². The second kappa shape index (κ2) is 11.5. The number of rotatable bonds is 8. The molecule has 1 amide bonds. The number of halogens is 2. The number of nitro benzene ring substituents is 1. The van der Waals surface area contributed by atoms with E-state index >= 15 is 0 Å². The summed E-state index contributed by atoms with van der Waals surface area (Å²) in [6.45, 7) is 2.53. The third-order valence-corrected chi connectivity index (χ3v) is 6.32. The standard InChI is InChI=1S/C25H19Cl2N3O5S/c1-2-34-19-8-6-17(7-9-19)28-25-29-24(31)22(36-25)13-16-11-20(26)23(21(27)12-16)35-14-15-4-3-5-18(10-15)30(32)33/h3-13H,2,14H2,1H3,(H,28,29,31)/b22-13+. The summed E-state index contributed by atoms with van der Waals surface area (Å²) in [4.78, 5) is 27.8. The summed E-state index contributed by atoms with van der Waals surface area (Å²) in [5.41, 5.74) is 1.85. The number of amidine groups is 1. The SMILES string of the molecule is CCOc1ccc(N=C2NC(=O)/C(=C\c3cc(Cl)c(OCc4cccc([N+](=O)[O-])c4)c(Cl)c3)S2)cc1. The topological polar surface area (TPSA) is 103 Å². The molecule has 0 aromatic heterocycles. The summed E-state index contributed by atoms with van der Waals surface area (Å²) in [5, 5.41) is 14.6. The average Bonchev–Trinajstić information content (AvgIpc) is 3.18. The van der Waals surface area contributed by atoms with Crippen LogP contribution in [0.2, 0.25) is 10.0 Å². The summed E-state index contributed by atoms with van der Waals surface area (Å²) in [5.74, 6) is 0.701. The maximum absolute atomic E-state index is 12.5. The lowest BCUT2D eigenvalue weighted by Crippen LogP contribution is -2.19. The van der Waals surface area contributed by atoms with Gasteiger partial charge in [0.25, 0.3) is 11.6 Å². The summed E-state index contributed by atoms with van der Waals surface area (Å²) < 4.78 is 11.1. The van der Waals surface area contributed by atoms with Gasteiger partial charge in [0, 0.05) is 12.1 Å². The molecule has 11 heteroatoms. The molecular formula is C25H19Cl2N3O5S. The molecular weight excluding hydrogens is 525 g/mol. The molecule has 3 aromatic carbocycles. The smallest absolute Gasteiger partial charge is 0.269 e. The molecule has 0 spiro atoms. The van der Waals surface area contributed by atoms with E-state index in [2.05, 4.69) is 10.3 Å². The number of benzene rings is 3. The fourth-order valence-electron chi connectivity index (χ4n) is 3.25. The van der Waals surface area contributed by atoms with Gasteiger partial charge in [0.15, 0.2) is 10.9 Å². The van der Waals surface area contributed by atoms with Gasteiger partial charge in [0.2, 0.25) is 0 Å². The van der Waals surface area contributed by atoms with Gasteiger partial charge >= 0.3 is 0 Å². The number of hydrogen-bond acceptors (Lipinski definition) is 7. The molecule has 1 heterocycles. The molecule has 0 atom stereocenters. The van der Waals surface area contributed by atoms with Crippen molar-refractivity contribution < 1.29 is 19.2 Å². The summed E-state index contributed by atoms with van der Waals surface area (Å²) in [6, 6.07) is 16.6. The number of nitrogens with one attached hydrogen (secondary N) is 1. The lowest BCUT2D eigenvalue weighted by molar-refractivity contribution is -0.384. The van der Waals surface area contributed by atoms with Crippen LogP contribution in [0.5, 0.6) is 11.5 Å². The van der Waals surface area contributed by atoms with Crippen molar-refractivity contribution in [1.82, 2.24) is 5.32 Å². The number of ether oxygens (including phenoxy) is 2. The predicted molar refractivity (Wildman–Crippen MR) is 142 cm³/mol. The fraction of sp³-hybridized carbons (Fsp3) is 0.120. The van der Waals surface area contributed by atoms with Crippen molar-refractivity contribution in [3.63, 3.8) is 0 Å². The van der Waals surface area contributed by atoms with E-state index in [1.165, 1.54) is 23.9 Å². The van der Waals surface area contributed by atoms with E-state index in [0.717, 1.165) is 5.75 Å². The number of carbonyl (C=O) groups excluding carboxylic acids is 1. The molecule has 1 saturated heterocycles. The largest absolute Gasteiger partial charge is 0.494 e. The lowest BCUT2D eigenvalue weighted by Gasteiger charge is -2.11. The molecule has 0 bridgehead atoms. The number of aliphatic imine (C=N–C) groups is 1. The van der Waals surface area contributed by atoms with E-state index in [1.807, 2.05) is 19.1 Å². The molecule has 1 aliphatic rings. The molecule has 1 fully saturated rings. The van der Waals surface area contributed by atoms with Crippen molar-refractivity contribution >= 4 is 63.5 Å². The molecule has 1 aliphatic heterocycles. The number of carbonyl (C=O) groups is 1. The Bertz CT molecular complexity index is 1350. The molecule has 0 radical (unpaired) electrons. The maximum atomic E-state index is 12.5. The molecule has 0 aliphatic carbocycles. The van der Waals surface area contributed by atoms with Crippen LogP contribution in [0, 0.1) is 10.1 Å². The van der Waals surface area contributed by atoms with Crippen LogP contribution in [-0.2, 0) is 11.4 Å². The molecule has 8 nitrogen and oxygen atoms in total. The highest BCUT2D eigenvalue weighted by molar-refractivity contribution is 8.18. The van der Waals surface area contributed by atoms with Gasteiger partial charge in [0.1, 0.15) is 12.4 Å². The van der Waals surface area contributed by atoms with Crippen LogP contribution in [0.1, 0.15) is 18.1 Å². The van der Waals surface area contributed by atoms with Crippen LogP contribution >= 0.6 is 35.0 Å². The van der Waals surface area contributed by atoms with Gasteiger partial charge in [-0.05, 0) is 72.3 Å². The quantitative estimate of drug-likeness (QED) is 0.191. The third-order valence-electron chi connectivity index (χ3n) is 4.85. The Morgan fingerprint density at radius 3 is 2.47 bits per heavy atom. The highest BCUT2D eigenvalue weighted by Gasteiger charge is 2.24. The Morgan fingerprint density at radius 2 is 1.81 bits per heavy atom. The van der Waals surface area contributed by atoms with Crippen molar-refractivity contribution in [3.05, 3.63) is 96.9 Å². The van der Waals surface area contributed by atoms with Crippen molar-refractivity contribution in [2.45, 2.75) is 13.5 Å². The minimum atomic E-state index is -0.475. The molecule has 0 saturated carbocycles. The molecule has 4 rings (SSSR count). The lowest BCUT2D eigenvalue weighted by atomic mass is 10.2. The van der Waals surface area contributed by atoms with E-state index < -0.39 is 4.92 Å². The number of thioether (sulfide) groups is 1. The normalized spacial score (nSPS) is 15.2. The Labute approximate surface area is 221 Å². The third kappa shape index (κ3) is 6.37. The number of non-ortho nitro benzene ring substituents is 1. The van der Waals surface area contributed by atoms with Gasteiger partial charge in [-0.1, -0.05) is 35.3 Å². The van der Waals surface area contributed by atoms with Gasteiger partial charge in [-0.3, -0.25) is 14.9 Å². The minimum Gasteiger partial charge on any atom is -0.494 e. The van der Waals surface area contributed by atoms with Crippen molar-refractivity contribution in [3.8, 4) is 11.5 Å². The molecule has 0 unspecified atom stereocenters. The van der Waals surface area contributed by atoms with Crippen molar-refractivity contribution in [1.29, 1.82) is 0 Å². The number of amides is 1. The van der Waals surface area contributed by atoms with Gasteiger partial charge in [0.05, 0.1) is 32.2 Å². The number of nitrogens with zero attached hydrogens (tertiary/aromatic N) is 2. The highest BCUT2D eigenvalue weighted by Crippen LogP contribution is 2.37. The van der Waals surface area contributed by atoms with Crippen LogP contribution < -0.4 is 14.8 Å². The monoisotopic (exact) mass is 543 g/mol. The van der Waals surface area contributed by atoms with Crippen LogP contribution in [0.3, 0.4) is 0 Å². The van der Waals surface area contributed by atoms with Crippen LogP contribution in [0.15, 0.2) is 70.6 Å². The van der Waals surface area contributed by atoms with E-state index in [-0.39, 0.29) is 34.0 Å². The van der Waals surface area contributed by atoms with Gasteiger partial charge in [-0.25, -0.2) is 4.99 Å². The molecule has 1 N–H and O–H groups in total. The highest BCUT2D eigenvalue weighted by atomic mass is 35.5. The van der Waals surface area contributed by atoms with Crippen molar-refractivity contribution in [2.24, 2.45) is 4.99 Å². The Kier molecular flexibility index (Phi) is 8.14. The van der Waals surface area contributed by atoms with Gasteiger partial charge in [-0.15, -0.1) is 0 Å². The molecule has 36 heavy (non-hydrogen) atoms. The molecule has 3 aromatic rings. The zero-order valence-electron chi connectivity index (χ0n) is 18.9. The zero-order chi connectivity index (χ0) is 25.7. The first-order chi connectivity index (χ1) is 17.3. The Balaban J connectivity index is 1.46. The summed E-state index contributed by atoms with van der Waals surface area (Å²) in [7, 11) is 0. The predicted octanol–water partition coefficient (Wildman–Crippen LogP) is 6.77. The average molecular weight is 544 g/mol. The minimum absolute atomic E-state index is 0.0342. The molecule has 184 valence electrons. The van der Waals surface area contributed by atoms with Crippen molar-refractivity contribution in [2.75, 3.05) is 6.61 Å². The first-order valence-corrected chi connectivity index (χ1v) is 12.3. The van der Waals surface area contributed by atoms with E-state index in [9.17, 15) is 14.9 Å². The second-order valence-corrected chi connectivity index (χ2v) is 9.28. The first kappa shape index (κ1) is 25.6. The van der Waals surface area contributed by atoms with E-state index in [0.29, 0.717) is 33.5 Å². The Morgan fingerprint density at radius 1 is 1.08 bits per heavy atom. The maximum Gasteiger partial charge on any atom is 0.269 e.